The van der Waals surface area contributed by atoms with Crippen LogP contribution < -0.4 is 10.6 Å². The van der Waals surface area contributed by atoms with Gasteiger partial charge in [-0.05, 0) is 30.5 Å². The number of hydrogen-bond donors (Lipinski definition) is 2. The number of nitrogens with one attached hydrogen (secondary N) is 2. The summed E-state index contributed by atoms with van der Waals surface area (Å²) in [7, 11) is 0. The van der Waals surface area contributed by atoms with Gasteiger partial charge in [-0.15, -0.1) is 24.0 Å². The van der Waals surface area contributed by atoms with Crippen LogP contribution in [0.5, 0.6) is 0 Å². The average molecular weight is 440 g/mol. The van der Waals surface area contributed by atoms with E-state index in [0.29, 0.717) is 19.1 Å². The average Bonchev–Trinajstić information content (AvgIpc) is 2.44. The van der Waals surface area contributed by atoms with E-state index in [1.807, 2.05) is 31.2 Å². The third-order valence-corrected chi connectivity index (χ3v) is 2.88. The smallest absolute Gasteiger partial charge is 0.191 e. The first kappa shape index (κ1) is 21.5. The van der Waals surface area contributed by atoms with E-state index in [0.717, 1.165) is 36.2 Å². The molecule has 0 aliphatic carbocycles. The molecule has 0 radical (unpaired) electrons. The highest BCUT2D eigenvalue weighted by Gasteiger charge is 1.99. The Morgan fingerprint density at radius 1 is 1.32 bits per heavy atom. The highest BCUT2D eigenvalue weighted by molar-refractivity contribution is 14.0. The highest BCUT2D eigenvalue weighted by Crippen LogP contribution is 2.11. The Morgan fingerprint density at radius 3 is 2.73 bits per heavy atom. The summed E-state index contributed by atoms with van der Waals surface area (Å²) in [5.74, 6) is 1.36. The molecule has 0 atom stereocenters. The second kappa shape index (κ2) is 13.0. The lowest BCUT2D eigenvalue weighted by Crippen LogP contribution is -2.39. The van der Waals surface area contributed by atoms with E-state index in [-0.39, 0.29) is 24.0 Å². The predicted molar refractivity (Wildman–Crippen MR) is 105 cm³/mol. The molecule has 0 heterocycles. The van der Waals surface area contributed by atoms with Crippen LogP contribution in [0.1, 0.15) is 26.3 Å². The van der Waals surface area contributed by atoms with Gasteiger partial charge in [0.2, 0.25) is 0 Å². The minimum absolute atomic E-state index is 0. The van der Waals surface area contributed by atoms with Crippen molar-refractivity contribution in [3.8, 4) is 0 Å². The lowest BCUT2D eigenvalue weighted by atomic mass is 10.2. The molecule has 1 aromatic carbocycles. The monoisotopic (exact) mass is 439 g/mol. The Kier molecular flexibility index (Phi) is 12.6. The van der Waals surface area contributed by atoms with E-state index in [1.165, 1.54) is 0 Å². The lowest BCUT2D eigenvalue weighted by Gasteiger charge is -2.12. The van der Waals surface area contributed by atoms with Crippen LogP contribution in [-0.2, 0) is 11.3 Å². The molecule has 22 heavy (non-hydrogen) atoms. The summed E-state index contributed by atoms with van der Waals surface area (Å²) in [6, 6.07) is 7.75. The number of ether oxygens (including phenoxy) is 1. The molecule has 0 amide bonds. The fourth-order valence-electron chi connectivity index (χ4n) is 1.71. The third kappa shape index (κ3) is 10.2. The molecule has 0 bridgehead atoms. The van der Waals surface area contributed by atoms with Crippen molar-refractivity contribution in [2.45, 2.75) is 27.3 Å². The number of rotatable bonds is 8. The summed E-state index contributed by atoms with van der Waals surface area (Å²) in [5.41, 5.74) is 1.09. The molecule has 0 aromatic heterocycles. The van der Waals surface area contributed by atoms with Crippen molar-refractivity contribution in [1.29, 1.82) is 0 Å². The van der Waals surface area contributed by atoms with Crippen LogP contribution in [0.25, 0.3) is 0 Å². The summed E-state index contributed by atoms with van der Waals surface area (Å²) >= 11 is 5.97. The number of halogens is 2. The van der Waals surface area contributed by atoms with Crippen molar-refractivity contribution < 1.29 is 4.74 Å². The van der Waals surface area contributed by atoms with Crippen LogP contribution in [0, 0.1) is 5.92 Å². The molecular formula is C16H27ClIN3O. The van der Waals surface area contributed by atoms with Crippen molar-refractivity contribution in [1.82, 2.24) is 10.6 Å². The van der Waals surface area contributed by atoms with Gasteiger partial charge in [0.05, 0.1) is 13.2 Å². The Hall–Kier alpha value is -0.530. The predicted octanol–water partition coefficient (Wildman–Crippen LogP) is 3.69. The van der Waals surface area contributed by atoms with Gasteiger partial charge >= 0.3 is 0 Å². The topological polar surface area (TPSA) is 45.7 Å². The normalized spacial score (nSPS) is 11.2. The van der Waals surface area contributed by atoms with E-state index >= 15 is 0 Å². The first-order valence-corrected chi connectivity index (χ1v) is 7.84. The molecule has 0 unspecified atom stereocenters. The molecule has 6 heteroatoms. The van der Waals surface area contributed by atoms with Crippen LogP contribution in [0.15, 0.2) is 29.3 Å². The zero-order valence-corrected chi connectivity index (χ0v) is 16.7. The Bertz CT molecular complexity index is 441. The minimum Gasteiger partial charge on any atom is -0.379 e. The number of hydrogen-bond acceptors (Lipinski definition) is 2. The van der Waals surface area contributed by atoms with Crippen molar-refractivity contribution >= 4 is 41.5 Å². The second-order valence-electron chi connectivity index (χ2n) is 5.22. The summed E-state index contributed by atoms with van der Waals surface area (Å²) < 4.78 is 5.54. The Labute approximate surface area is 156 Å². The van der Waals surface area contributed by atoms with Crippen molar-refractivity contribution in [3.63, 3.8) is 0 Å². The Morgan fingerprint density at radius 2 is 2.09 bits per heavy atom. The summed E-state index contributed by atoms with van der Waals surface area (Å²) in [6.45, 7) is 9.97. The lowest BCUT2D eigenvalue weighted by molar-refractivity contribution is 0.114. The molecule has 0 fully saturated rings. The molecular weight excluding hydrogens is 413 g/mol. The van der Waals surface area contributed by atoms with Crippen molar-refractivity contribution in [3.05, 3.63) is 34.9 Å². The van der Waals surface area contributed by atoms with Gasteiger partial charge in [-0.1, -0.05) is 37.6 Å². The first-order valence-electron chi connectivity index (χ1n) is 7.46. The van der Waals surface area contributed by atoms with Gasteiger partial charge in [-0.3, -0.25) is 0 Å². The van der Waals surface area contributed by atoms with Gasteiger partial charge < -0.3 is 15.4 Å². The molecule has 4 nitrogen and oxygen atoms in total. The van der Waals surface area contributed by atoms with Gasteiger partial charge in [0, 0.05) is 24.7 Å². The molecule has 126 valence electrons. The van der Waals surface area contributed by atoms with E-state index in [4.69, 9.17) is 16.3 Å². The van der Waals surface area contributed by atoms with Crippen LogP contribution in [0.4, 0.5) is 0 Å². The third-order valence-electron chi connectivity index (χ3n) is 2.64. The maximum absolute atomic E-state index is 5.97. The van der Waals surface area contributed by atoms with E-state index in [1.54, 1.807) is 0 Å². The zero-order valence-electron chi connectivity index (χ0n) is 13.6. The molecule has 0 aliphatic rings. The van der Waals surface area contributed by atoms with Crippen LogP contribution >= 0.6 is 35.6 Å². The zero-order chi connectivity index (χ0) is 15.5. The second-order valence-corrected chi connectivity index (χ2v) is 5.66. The van der Waals surface area contributed by atoms with E-state index in [9.17, 15) is 0 Å². The maximum Gasteiger partial charge on any atom is 0.191 e. The molecule has 0 spiro atoms. The SMILES string of the molecule is CCNC(=NCc1cccc(Cl)c1)NCCOCC(C)C.I. The van der Waals surface area contributed by atoms with E-state index < -0.39 is 0 Å². The van der Waals surface area contributed by atoms with Gasteiger partial charge in [-0.2, -0.15) is 0 Å². The van der Waals surface area contributed by atoms with Gasteiger partial charge in [0.25, 0.3) is 0 Å². The first-order chi connectivity index (χ1) is 10.1. The van der Waals surface area contributed by atoms with Crippen molar-refractivity contribution in [2.24, 2.45) is 10.9 Å². The molecule has 0 saturated carbocycles. The van der Waals surface area contributed by atoms with E-state index in [2.05, 4.69) is 29.5 Å². The Balaban J connectivity index is 0.00000441. The fraction of sp³-hybridized carbons (Fsp3) is 0.562. The largest absolute Gasteiger partial charge is 0.379 e. The van der Waals surface area contributed by atoms with Crippen molar-refractivity contribution in [2.75, 3.05) is 26.3 Å². The number of benzene rings is 1. The molecule has 2 N–H and O–H groups in total. The van der Waals surface area contributed by atoms with Gasteiger partial charge in [-0.25, -0.2) is 4.99 Å². The molecule has 1 aromatic rings. The summed E-state index contributed by atoms with van der Waals surface area (Å²) in [6.07, 6.45) is 0. The minimum atomic E-state index is 0. The number of nitrogens with zero attached hydrogens (tertiary/aromatic N) is 1. The molecule has 1 rings (SSSR count). The highest BCUT2D eigenvalue weighted by atomic mass is 127. The quantitative estimate of drug-likeness (QED) is 0.281. The van der Waals surface area contributed by atoms with Crippen LogP contribution in [-0.4, -0.2) is 32.3 Å². The summed E-state index contributed by atoms with van der Waals surface area (Å²) in [5, 5.41) is 7.22. The van der Waals surface area contributed by atoms with Crippen LogP contribution in [0.3, 0.4) is 0 Å². The number of aliphatic imine (C=N–C) groups is 1. The van der Waals surface area contributed by atoms with Crippen LogP contribution in [0.2, 0.25) is 5.02 Å². The standard InChI is InChI=1S/C16H26ClN3O.HI/c1-4-18-16(19-8-9-21-12-13(2)3)20-11-14-6-5-7-15(17)10-14;/h5-7,10,13H,4,8-9,11-12H2,1-3H3,(H2,18,19,20);1H. The number of guanidine groups is 1. The molecule has 0 aliphatic heterocycles. The fourth-order valence-corrected chi connectivity index (χ4v) is 1.92. The van der Waals surface area contributed by atoms with Gasteiger partial charge in [0.15, 0.2) is 5.96 Å². The molecule has 0 saturated heterocycles. The maximum atomic E-state index is 5.97. The summed E-state index contributed by atoms with van der Waals surface area (Å²) in [4.78, 5) is 4.54. The van der Waals surface area contributed by atoms with Gasteiger partial charge in [0.1, 0.15) is 0 Å².